The number of aromatic hydroxyl groups is 1. The number of anilines is 1. The molecule has 0 aliphatic rings. The van der Waals surface area contributed by atoms with E-state index in [0.29, 0.717) is 11.3 Å². The summed E-state index contributed by atoms with van der Waals surface area (Å²) in [4.78, 5) is 11.9. The van der Waals surface area contributed by atoms with E-state index in [9.17, 15) is 9.90 Å². The summed E-state index contributed by atoms with van der Waals surface area (Å²) in [6.07, 6.45) is 0. The first-order valence-corrected chi connectivity index (χ1v) is 5.58. The van der Waals surface area contributed by atoms with Crippen molar-refractivity contribution in [2.75, 3.05) is 5.32 Å². The van der Waals surface area contributed by atoms with Crippen molar-refractivity contribution in [3.05, 3.63) is 23.8 Å². The molecular weight excluding hydrogens is 216 g/mol. The molecule has 0 saturated carbocycles. The lowest BCUT2D eigenvalue weighted by molar-refractivity contribution is -0.119. The maximum absolute atomic E-state index is 11.9. The molecule has 0 bridgehead atoms. The lowest BCUT2D eigenvalue weighted by Crippen LogP contribution is -2.45. The average molecular weight is 236 g/mol. The highest BCUT2D eigenvalue weighted by molar-refractivity contribution is 5.95. The standard InChI is InChI=1S/C13H20N2O2/c1-8-7-9(5-6-10(8)16)15-12(17)11(14)13(2,3)4/h5-7,11,16H,14H2,1-4H3,(H,15,17)/t11-/m0/s1. The Morgan fingerprint density at radius 3 is 2.47 bits per heavy atom. The van der Waals surface area contributed by atoms with Crippen molar-refractivity contribution in [1.82, 2.24) is 0 Å². The van der Waals surface area contributed by atoms with E-state index in [1.54, 1.807) is 25.1 Å². The van der Waals surface area contributed by atoms with Crippen LogP contribution in [0, 0.1) is 12.3 Å². The molecule has 0 fully saturated rings. The molecular formula is C13H20N2O2. The summed E-state index contributed by atoms with van der Waals surface area (Å²) in [5.74, 6) is -0.00860. The predicted molar refractivity (Wildman–Crippen MR) is 68.9 cm³/mol. The van der Waals surface area contributed by atoms with Crippen LogP contribution < -0.4 is 11.1 Å². The Balaban J connectivity index is 2.78. The van der Waals surface area contributed by atoms with Crippen LogP contribution in [-0.4, -0.2) is 17.1 Å². The van der Waals surface area contributed by atoms with Crippen molar-refractivity contribution >= 4 is 11.6 Å². The minimum absolute atomic E-state index is 0.211. The second kappa shape index (κ2) is 4.75. The SMILES string of the molecule is Cc1cc(NC(=O)[C@H](N)C(C)(C)C)ccc1O. The summed E-state index contributed by atoms with van der Waals surface area (Å²) >= 11 is 0. The first kappa shape index (κ1) is 13.5. The highest BCUT2D eigenvalue weighted by atomic mass is 16.3. The summed E-state index contributed by atoms with van der Waals surface area (Å²) < 4.78 is 0. The molecule has 0 aromatic heterocycles. The van der Waals surface area contributed by atoms with E-state index in [-0.39, 0.29) is 17.1 Å². The van der Waals surface area contributed by atoms with Gasteiger partial charge in [-0.25, -0.2) is 0 Å². The van der Waals surface area contributed by atoms with Crippen molar-refractivity contribution in [2.24, 2.45) is 11.1 Å². The van der Waals surface area contributed by atoms with Gasteiger partial charge in [-0.05, 0) is 36.1 Å². The summed E-state index contributed by atoms with van der Waals surface area (Å²) in [5, 5.41) is 12.1. The minimum atomic E-state index is -0.573. The average Bonchev–Trinajstić information content (AvgIpc) is 2.21. The monoisotopic (exact) mass is 236 g/mol. The normalized spacial score (nSPS) is 13.2. The van der Waals surface area contributed by atoms with E-state index in [2.05, 4.69) is 5.32 Å². The van der Waals surface area contributed by atoms with Gasteiger partial charge in [-0.3, -0.25) is 4.79 Å². The Kier molecular flexibility index (Phi) is 3.78. The molecule has 0 spiro atoms. The van der Waals surface area contributed by atoms with Crippen molar-refractivity contribution in [3.8, 4) is 5.75 Å². The van der Waals surface area contributed by atoms with Gasteiger partial charge in [0.15, 0.2) is 0 Å². The van der Waals surface area contributed by atoms with Crippen LogP contribution in [0.2, 0.25) is 0 Å². The van der Waals surface area contributed by atoms with E-state index < -0.39 is 6.04 Å². The Hall–Kier alpha value is -1.55. The van der Waals surface area contributed by atoms with Gasteiger partial charge in [0.25, 0.3) is 0 Å². The van der Waals surface area contributed by atoms with Crippen molar-refractivity contribution in [3.63, 3.8) is 0 Å². The van der Waals surface area contributed by atoms with Crippen molar-refractivity contribution in [2.45, 2.75) is 33.7 Å². The second-order valence-corrected chi connectivity index (χ2v) is 5.33. The summed E-state index contributed by atoms with van der Waals surface area (Å²) in [6, 6.07) is 4.34. The zero-order chi connectivity index (χ0) is 13.2. The number of hydrogen-bond donors (Lipinski definition) is 3. The fourth-order valence-electron chi connectivity index (χ4n) is 1.35. The molecule has 0 aliphatic heterocycles. The topological polar surface area (TPSA) is 75.4 Å². The van der Waals surface area contributed by atoms with Gasteiger partial charge in [-0.2, -0.15) is 0 Å². The molecule has 4 N–H and O–H groups in total. The number of rotatable bonds is 2. The third-order valence-corrected chi connectivity index (χ3v) is 2.68. The van der Waals surface area contributed by atoms with E-state index in [1.165, 1.54) is 0 Å². The van der Waals surface area contributed by atoms with Crippen LogP contribution in [0.3, 0.4) is 0 Å². The number of aryl methyl sites for hydroxylation is 1. The molecule has 94 valence electrons. The van der Waals surface area contributed by atoms with Crippen LogP contribution >= 0.6 is 0 Å². The summed E-state index contributed by atoms with van der Waals surface area (Å²) in [5.41, 5.74) is 6.93. The van der Waals surface area contributed by atoms with Gasteiger partial charge in [-0.1, -0.05) is 20.8 Å². The molecule has 1 aromatic rings. The lowest BCUT2D eigenvalue weighted by atomic mass is 9.87. The van der Waals surface area contributed by atoms with Gasteiger partial charge in [0.05, 0.1) is 6.04 Å². The van der Waals surface area contributed by atoms with Crippen LogP contribution in [0.25, 0.3) is 0 Å². The first-order chi connectivity index (χ1) is 7.71. The number of hydrogen-bond acceptors (Lipinski definition) is 3. The summed E-state index contributed by atoms with van der Waals surface area (Å²) in [6.45, 7) is 7.52. The smallest absolute Gasteiger partial charge is 0.241 e. The van der Waals surface area contributed by atoms with Gasteiger partial charge < -0.3 is 16.2 Å². The number of benzene rings is 1. The van der Waals surface area contributed by atoms with E-state index in [1.807, 2.05) is 20.8 Å². The third-order valence-electron chi connectivity index (χ3n) is 2.68. The Labute approximate surface area is 102 Å². The quantitative estimate of drug-likeness (QED) is 0.687. The molecule has 0 saturated heterocycles. The third kappa shape index (κ3) is 3.46. The van der Waals surface area contributed by atoms with Crippen molar-refractivity contribution < 1.29 is 9.90 Å². The van der Waals surface area contributed by atoms with E-state index >= 15 is 0 Å². The molecule has 0 radical (unpaired) electrons. The van der Waals surface area contributed by atoms with Gasteiger partial charge in [0.2, 0.25) is 5.91 Å². The van der Waals surface area contributed by atoms with Gasteiger partial charge >= 0.3 is 0 Å². The molecule has 1 rings (SSSR count). The van der Waals surface area contributed by atoms with Crippen LogP contribution in [0.5, 0.6) is 5.75 Å². The maximum atomic E-state index is 11.9. The fraction of sp³-hybridized carbons (Fsp3) is 0.462. The van der Waals surface area contributed by atoms with Crippen LogP contribution in [0.4, 0.5) is 5.69 Å². The number of nitrogens with two attached hydrogens (primary N) is 1. The number of phenolic OH excluding ortho intramolecular Hbond substituents is 1. The molecule has 4 nitrogen and oxygen atoms in total. The zero-order valence-corrected chi connectivity index (χ0v) is 10.7. The number of nitrogens with one attached hydrogen (secondary N) is 1. The second-order valence-electron chi connectivity index (χ2n) is 5.33. The number of amides is 1. The molecule has 1 amide bonds. The lowest BCUT2D eigenvalue weighted by Gasteiger charge is -2.25. The van der Waals surface area contributed by atoms with Crippen molar-refractivity contribution in [1.29, 1.82) is 0 Å². The first-order valence-electron chi connectivity index (χ1n) is 5.58. The Morgan fingerprint density at radius 1 is 1.41 bits per heavy atom. The predicted octanol–water partition coefficient (Wildman–Crippen LogP) is 2.01. The van der Waals surface area contributed by atoms with Gasteiger partial charge in [0.1, 0.15) is 5.75 Å². The van der Waals surface area contributed by atoms with Gasteiger partial charge in [-0.15, -0.1) is 0 Å². The molecule has 0 heterocycles. The molecule has 0 unspecified atom stereocenters. The Bertz CT molecular complexity index is 422. The molecule has 1 aromatic carbocycles. The van der Waals surface area contributed by atoms with E-state index in [4.69, 9.17) is 5.73 Å². The zero-order valence-electron chi connectivity index (χ0n) is 10.7. The van der Waals surface area contributed by atoms with Crippen LogP contribution in [-0.2, 0) is 4.79 Å². The molecule has 4 heteroatoms. The molecule has 17 heavy (non-hydrogen) atoms. The molecule has 1 atom stereocenters. The molecule has 0 aliphatic carbocycles. The minimum Gasteiger partial charge on any atom is -0.508 e. The largest absolute Gasteiger partial charge is 0.508 e. The highest BCUT2D eigenvalue weighted by Gasteiger charge is 2.27. The highest BCUT2D eigenvalue weighted by Crippen LogP contribution is 2.22. The maximum Gasteiger partial charge on any atom is 0.241 e. The van der Waals surface area contributed by atoms with Crippen LogP contribution in [0.1, 0.15) is 26.3 Å². The fourth-order valence-corrected chi connectivity index (χ4v) is 1.35. The summed E-state index contributed by atoms with van der Waals surface area (Å²) in [7, 11) is 0. The number of carbonyl (C=O) groups excluding carboxylic acids is 1. The Morgan fingerprint density at radius 2 is 2.00 bits per heavy atom. The number of carbonyl (C=O) groups is 1. The van der Waals surface area contributed by atoms with Crippen LogP contribution in [0.15, 0.2) is 18.2 Å². The van der Waals surface area contributed by atoms with Gasteiger partial charge in [0, 0.05) is 5.69 Å². The number of phenols is 1. The van der Waals surface area contributed by atoms with E-state index in [0.717, 1.165) is 0 Å².